The quantitative estimate of drug-likeness (QED) is 0.453. The van der Waals surface area contributed by atoms with Gasteiger partial charge in [0.05, 0.1) is 16.7 Å². The lowest BCUT2D eigenvalue weighted by Crippen LogP contribution is -2.51. The van der Waals surface area contributed by atoms with Crippen LogP contribution in [0.5, 0.6) is 0 Å². The predicted octanol–water partition coefficient (Wildman–Crippen LogP) is 3.98. The lowest BCUT2D eigenvalue weighted by atomic mass is 9.85. The van der Waals surface area contributed by atoms with Crippen molar-refractivity contribution in [2.75, 3.05) is 13.1 Å². The Bertz CT molecular complexity index is 1480. The highest BCUT2D eigenvalue weighted by molar-refractivity contribution is 5.98. The molecule has 3 heterocycles. The van der Waals surface area contributed by atoms with E-state index in [1.165, 1.54) is 0 Å². The number of nitrogens with one attached hydrogen (secondary N) is 1. The van der Waals surface area contributed by atoms with Gasteiger partial charge in [-0.2, -0.15) is 5.10 Å². The molecule has 0 spiro atoms. The van der Waals surface area contributed by atoms with E-state index in [4.69, 9.17) is 0 Å². The van der Waals surface area contributed by atoms with Gasteiger partial charge in [0.1, 0.15) is 5.69 Å². The Balaban J connectivity index is 1.24. The summed E-state index contributed by atoms with van der Waals surface area (Å²) in [5.41, 5.74) is 5.76. The maximum atomic E-state index is 13.6. The van der Waals surface area contributed by atoms with Crippen molar-refractivity contribution in [1.29, 1.82) is 0 Å². The van der Waals surface area contributed by atoms with Crippen molar-refractivity contribution in [2.45, 2.75) is 44.1 Å². The molecule has 2 aromatic heterocycles. The van der Waals surface area contributed by atoms with E-state index < -0.39 is 0 Å². The molecule has 2 amide bonds. The molecule has 1 saturated carbocycles. The van der Waals surface area contributed by atoms with E-state index in [0.29, 0.717) is 42.2 Å². The summed E-state index contributed by atoms with van der Waals surface area (Å²) in [5.74, 6) is 0.322. The molecule has 8 nitrogen and oxygen atoms in total. The van der Waals surface area contributed by atoms with Crippen molar-refractivity contribution < 1.29 is 9.59 Å². The molecule has 0 bridgehead atoms. The Labute approximate surface area is 215 Å². The maximum absolute atomic E-state index is 13.6. The zero-order valence-electron chi connectivity index (χ0n) is 21.1. The van der Waals surface area contributed by atoms with Crippen LogP contribution in [0.2, 0.25) is 0 Å². The van der Waals surface area contributed by atoms with E-state index in [0.717, 1.165) is 35.2 Å². The smallest absolute Gasteiger partial charge is 0.269 e. The Morgan fingerprint density at radius 1 is 1.00 bits per heavy atom. The zero-order valence-corrected chi connectivity index (χ0v) is 21.1. The lowest BCUT2D eigenvalue weighted by Gasteiger charge is -2.39. The zero-order chi connectivity index (χ0) is 25.5. The topological polar surface area (TPSA) is 93.0 Å². The molecule has 1 N–H and O–H groups in total. The summed E-state index contributed by atoms with van der Waals surface area (Å²) in [4.78, 5) is 37.6. The lowest BCUT2D eigenvalue weighted by molar-refractivity contribution is 0.0671. The number of benzene rings is 2. The summed E-state index contributed by atoms with van der Waals surface area (Å²) in [6.07, 6.45) is 6.26. The van der Waals surface area contributed by atoms with Crippen LogP contribution >= 0.6 is 0 Å². The highest BCUT2D eigenvalue weighted by atomic mass is 16.2. The highest BCUT2D eigenvalue weighted by Crippen LogP contribution is 2.39. The van der Waals surface area contributed by atoms with Crippen LogP contribution in [0.3, 0.4) is 0 Å². The molecule has 0 unspecified atom stereocenters. The van der Waals surface area contributed by atoms with Gasteiger partial charge >= 0.3 is 0 Å². The minimum absolute atomic E-state index is 0.0259. The fourth-order valence-corrected chi connectivity index (χ4v) is 5.42. The van der Waals surface area contributed by atoms with Crippen molar-refractivity contribution in [3.63, 3.8) is 0 Å². The first kappa shape index (κ1) is 23.3. The number of rotatable bonds is 5. The van der Waals surface area contributed by atoms with Crippen LogP contribution in [0.4, 0.5) is 0 Å². The largest absolute Gasteiger partial charge is 0.347 e. The number of aryl methyl sites for hydroxylation is 2. The average Bonchev–Trinajstić information content (AvgIpc) is 3.70. The second kappa shape index (κ2) is 9.42. The van der Waals surface area contributed by atoms with Gasteiger partial charge in [0, 0.05) is 56.0 Å². The van der Waals surface area contributed by atoms with Gasteiger partial charge in [-0.05, 0) is 55.5 Å². The Hall–Kier alpha value is -4.07. The third kappa shape index (κ3) is 4.59. The van der Waals surface area contributed by atoms with Gasteiger partial charge in [0.15, 0.2) is 0 Å². The molecule has 1 saturated heterocycles. The number of fused-ring (bicyclic) bond motifs is 1. The number of aromatic nitrogens is 4. The summed E-state index contributed by atoms with van der Waals surface area (Å²) in [5, 5.41) is 7.83. The van der Waals surface area contributed by atoms with Crippen LogP contribution in [0.1, 0.15) is 68.8 Å². The van der Waals surface area contributed by atoms with Gasteiger partial charge in [-0.3, -0.25) is 24.2 Å². The first-order valence-corrected chi connectivity index (χ1v) is 12.9. The van der Waals surface area contributed by atoms with Crippen LogP contribution in [-0.2, 0) is 7.05 Å². The first-order valence-electron chi connectivity index (χ1n) is 12.9. The third-order valence-corrected chi connectivity index (χ3v) is 7.58. The van der Waals surface area contributed by atoms with Gasteiger partial charge in [0.25, 0.3) is 11.8 Å². The van der Waals surface area contributed by atoms with Crippen LogP contribution in [0, 0.1) is 6.92 Å². The number of amides is 2. The number of hydrogen-bond donors (Lipinski definition) is 1. The molecule has 4 aromatic rings. The van der Waals surface area contributed by atoms with Crippen LogP contribution in [0.25, 0.3) is 11.0 Å². The normalized spacial score (nSPS) is 19.7. The number of nitrogens with zero attached hydrogens (tertiary/aromatic N) is 5. The molecular formula is C29H30N6O2. The van der Waals surface area contributed by atoms with E-state index in [2.05, 4.69) is 32.5 Å². The minimum atomic E-state index is -0.115. The van der Waals surface area contributed by atoms with E-state index in [-0.39, 0.29) is 23.8 Å². The molecule has 2 fully saturated rings. The second-order valence-corrected chi connectivity index (χ2v) is 10.2. The molecule has 2 atom stereocenters. The number of carbonyl (C=O) groups excluding carboxylic acids is 2. The van der Waals surface area contributed by atoms with E-state index in [1.54, 1.807) is 17.1 Å². The molecule has 37 heavy (non-hydrogen) atoms. The van der Waals surface area contributed by atoms with Gasteiger partial charge < -0.3 is 10.2 Å². The molecular weight excluding hydrogens is 464 g/mol. The molecule has 2 aliphatic rings. The minimum Gasteiger partial charge on any atom is -0.347 e. The Morgan fingerprint density at radius 3 is 2.57 bits per heavy atom. The summed E-state index contributed by atoms with van der Waals surface area (Å²) >= 11 is 0. The SMILES string of the molecule is Cc1cc(C(=O)N2CC[C@@H](NC(=O)c3cc(C4CC4)nn3C)[C@@H](c3ccccc3)C2)cc2nccnc12. The van der Waals surface area contributed by atoms with Crippen molar-refractivity contribution >= 4 is 22.8 Å². The van der Waals surface area contributed by atoms with E-state index in [9.17, 15) is 9.59 Å². The van der Waals surface area contributed by atoms with Gasteiger partial charge in [-0.15, -0.1) is 0 Å². The number of piperidine rings is 1. The Morgan fingerprint density at radius 2 is 1.78 bits per heavy atom. The van der Waals surface area contributed by atoms with Crippen molar-refractivity contribution in [3.05, 3.63) is 89.0 Å². The number of likely N-dealkylation sites (tertiary alicyclic amines) is 1. The monoisotopic (exact) mass is 494 g/mol. The van der Waals surface area contributed by atoms with Crippen LogP contribution in [-0.4, -0.2) is 55.6 Å². The van der Waals surface area contributed by atoms with Crippen molar-refractivity contribution in [2.24, 2.45) is 7.05 Å². The highest BCUT2D eigenvalue weighted by Gasteiger charge is 2.35. The van der Waals surface area contributed by atoms with Crippen molar-refractivity contribution in [3.8, 4) is 0 Å². The molecule has 1 aliphatic carbocycles. The average molecular weight is 495 g/mol. The van der Waals surface area contributed by atoms with Crippen molar-refractivity contribution in [1.82, 2.24) is 30.0 Å². The molecule has 8 heteroatoms. The number of carbonyl (C=O) groups is 2. The van der Waals surface area contributed by atoms with E-state index >= 15 is 0 Å². The van der Waals surface area contributed by atoms with Crippen LogP contribution in [0.15, 0.2) is 60.9 Å². The second-order valence-electron chi connectivity index (χ2n) is 10.2. The van der Waals surface area contributed by atoms with E-state index in [1.807, 2.05) is 55.3 Å². The van der Waals surface area contributed by atoms with Gasteiger partial charge in [0.2, 0.25) is 0 Å². The maximum Gasteiger partial charge on any atom is 0.269 e. The summed E-state index contributed by atoms with van der Waals surface area (Å²) in [6, 6.07) is 15.7. The molecule has 0 radical (unpaired) electrons. The molecule has 6 rings (SSSR count). The number of hydrogen-bond acceptors (Lipinski definition) is 5. The molecule has 1 aliphatic heterocycles. The summed E-state index contributed by atoms with van der Waals surface area (Å²) in [7, 11) is 1.83. The fraction of sp³-hybridized carbons (Fsp3) is 0.345. The first-order chi connectivity index (χ1) is 18.0. The predicted molar refractivity (Wildman–Crippen MR) is 140 cm³/mol. The van der Waals surface area contributed by atoms with Gasteiger partial charge in [-0.1, -0.05) is 30.3 Å². The standard InChI is InChI=1S/C29H30N6O2/c1-18-14-21(15-25-27(18)31-12-11-30-25)29(37)35-13-10-23(22(17-35)19-6-4-3-5-7-19)32-28(36)26-16-24(20-8-9-20)33-34(26)2/h3-7,11-12,14-16,20,22-23H,8-10,13,17H2,1-2H3,(H,32,36)/t22-,23-/m1/s1. The van der Waals surface area contributed by atoms with Crippen LogP contribution < -0.4 is 5.32 Å². The summed E-state index contributed by atoms with van der Waals surface area (Å²) in [6.45, 7) is 3.03. The molecule has 2 aromatic carbocycles. The molecule has 188 valence electrons. The third-order valence-electron chi connectivity index (χ3n) is 7.58. The van der Waals surface area contributed by atoms with Gasteiger partial charge in [-0.25, -0.2) is 0 Å². The summed E-state index contributed by atoms with van der Waals surface area (Å²) < 4.78 is 1.68. The Kier molecular flexibility index (Phi) is 5.94. The fourth-order valence-electron chi connectivity index (χ4n) is 5.42.